The van der Waals surface area contributed by atoms with E-state index in [0.29, 0.717) is 5.41 Å². The van der Waals surface area contributed by atoms with E-state index in [1.165, 1.54) is 25.8 Å². The largest absolute Gasteiger partial charge is 0.380 e. The standard InChI is InChI=1S/C12H23N/c1-5-9-13(4)10-12(6-2)8-7-11(12)3/h5,9,11H,6-8,10H2,1-4H3/b9-5-. The van der Waals surface area contributed by atoms with Crippen molar-refractivity contribution in [2.75, 3.05) is 13.6 Å². The molecule has 0 heterocycles. The summed E-state index contributed by atoms with van der Waals surface area (Å²) in [5, 5.41) is 0. The first-order chi connectivity index (χ1) is 6.14. The predicted molar refractivity (Wildman–Crippen MR) is 58.6 cm³/mol. The molecule has 0 N–H and O–H groups in total. The summed E-state index contributed by atoms with van der Waals surface area (Å²) < 4.78 is 0. The predicted octanol–water partition coefficient (Wildman–Crippen LogP) is 3.28. The van der Waals surface area contributed by atoms with Gasteiger partial charge in [-0.15, -0.1) is 0 Å². The average molecular weight is 181 g/mol. The number of rotatable bonds is 4. The van der Waals surface area contributed by atoms with Crippen molar-refractivity contribution in [3.05, 3.63) is 12.3 Å². The summed E-state index contributed by atoms with van der Waals surface area (Å²) in [6.45, 7) is 8.05. The molecule has 2 unspecified atom stereocenters. The lowest BCUT2D eigenvalue weighted by Crippen LogP contribution is -2.45. The van der Waals surface area contributed by atoms with Gasteiger partial charge in [0, 0.05) is 13.6 Å². The van der Waals surface area contributed by atoms with Crippen LogP contribution in [0, 0.1) is 11.3 Å². The Labute approximate surface area is 82.8 Å². The Balaban J connectivity index is 2.49. The summed E-state index contributed by atoms with van der Waals surface area (Å²) >= 11 is 0. The molecule has 1 saturated carbocycles. The second-order valence-electron chi connectivity index (χ2n) is 4.55. The average Bonchev–Trinajstić information content (AvgIpc) is 2.12. The third-order valence-electron chi connectivity index (χ3n) is 3.79. The molecule has 0 aromatic carbocycles. The number of hydrogen-bond donors (Lipinski definition) is 0. The highest BCUT2D eigenvalue weighted by atomic mass is 15.1. The van der Waals surface area contributed by atoms with E-state index in [9.17, 15) is 0 Å². The molecule has 0 aromatic heterocycles. The van der Waals surface area contributed by atoms with Gasteiger partial charge in [-0.1, -0.05) is 19.9 Å². The molecule has 0 spiro atoms. The zero-order valence-corrected chi connectivity index (χ0v) is 9.51. The van der Waals surface area contributed by atoms with Crippen LogP contribution in [0.1, 0.15) is 40.0 Å². The van der Waals surface area contributed by atoms with Crippen molar-refractivity contribution in [1.29, 1.82) is 0 Å². The molecule has 1 heteroatoms. The Bertz CT molecular complexity index is 182. The van der Waals surface area contributed by atoms with Crippen LogP contribution < -0.4 is 0 Å². The number of hydrogen-bond acceptors (Lipinski definition) is 1. The van der Waals surface area contributed by atoms with Gasteiger partial charge in [-0.25, -0.2) is 0 Å². The van der Waals surface area contributed by atoms with E-state index in [2.05, 4.69) is 45.0 Å². The van der Waals surface area contributed by atoms with Crippen LogP contribution in [0.15, 0.2) is 12.3 Å². The van der Waals surface area contributed by atoms with E-state index in [-0.39, 0.29) is 0 Å². The lowest BCUT2D eigenvalue weighted by molar-refractivity contribution is 0.0166. The van der Waals surface area contributed by atoms with Gasteiger partial charge in [0.1, 0.15) is 0 Å². The molecule has 0 radical (unpaired) electrons. The molecule has 13 heavy (non-hydrogen) atoms. The minimum Gasteiger partial charge on any atom is -0.380 e. The second kappa shape index (κ2) is 4.17. The molecule has 0 aromatic rings. The SMILES string of the molecule is C/C=C\N(C)CC1(CC)CCC1C. The Morgan fingerprint density at radius 1 is 1.54 bits per heavy atom. The van der Waals surface area contributed by atoms with Gasteiger partial charge in [-0.3, -0.25) is 0 Å². The van der Waals surface area contributed by atoms with E-state index in [1.807, 2.05) is 0 Å². The molecule has 1 aliphatic carbocycles. The Morgan fingerprint density at radius 2 is 2.23 bits per heavy atom. The summed E-state index contributed by atoms with van der Waals surface area (Å²) in [6.07, 6.45) is 8.48. The van der Waals surface area contributed by atoms with Crippen molar-refractivity contribution in [2.45, 2.75) is 40.0 Å². The lowest BCUT2D eigenvalue weighted by Gasteiger charge is -2.49. The third-order valence-corrected chi connectivity index (χ3v) is 3.79. The fraction of sp³-hybridized carbons (Fsp3) is 0.833. The van der Waals surface area contributed by atoms with Crippen LogP contribution in [0.3, 0.4) is 0 Å². The first-order valence-electron chi connectivity index (χ1n) is 5.47. The van der Waals surface area contributed by atoms with Crippen LogP contribution in [0.2, 0.25) is 0 Å². The fourth-order valence-corrected chi connectivity index (χ4v) is 2.52. The summed E-state index contributed by atoms with van der Waals surface area (Å²) in [4.78, 5) is 2.33. The lowest BCUT2D eigenvalue weighted by atomic mass is 9.59. The van der Waals surface area contributed by atoms with Gasteiger partial charge in [-0.2, -0.15) is 0 Å². The monoisotopic (exact) mass is 181 g/mol. The van der Waals surface area contributed by atoms with Crippen LogP contribution in [-0.4, -0.2) is 18.5 Å². The van der Waals surface area contributed by atoms with Crippen LogP contribution in [-0.2, 0) is 0 Å². The minimum atomic E-state index is 0.619. The fourth-order valence-electron chi connectivity index (χ4n) is 2.52. The van der Waals surface area contributed by atoms with Crippen molar-refractivity contribution in [1.82, 2.24) is 4.90 Å². The quantitative estimate of drug-likeness (QED) is 0.643. The van der Waals surface area contributed by atoms with Crippen molar-refractivity contribution in [2.24, 2.45) is 11.3 Å². The highest BCUT2D eigenvalue weighted by molar-refractivity contribution is 4.95. The van der Waals surface area contributed by atoms with Crippen LogP contribution in [0.4, 0.5) is 0 Å². The van der Waals surface area contributed by atoms with E-state index < -0.39 is 0 Å². The van der Waals surface area contributed by atoms with Crippen LogP contribution in [0.5, 0.6) is 0 Å². The van der Waals surface area contributed by atoms with Crippen molar-refractivity contribution < 1.29 is 0 Å². The van der Waals surface area contributed by atoms with Gasteiger partial charge in [0.25, 0.3) is 0 Å². The van der Waals surface area contributed by atoms with Crippen molar-refractivity contribution >= 4 is 0 Å². The summed E-state index contributed by atoms with van der Waals surface area (Å²) in [7, 11) is 2.18. The zero-order valence-electron chi connectivity index (χ0n) is 9.51. The molecule has 0 saturated heterocycles. The maximum Gasteiger partial charge on any atom is 0.0228 e. The van der Waals surface area contributed by atoms with E-state index >= 15 is 0 Å². The second-order valence-corrected chi connectivity index (χ2v) is 4.55. The molecular formula is C12H23N. The molecule has 76 valence electrons. The molecule has 0 aliphatic heterocycles. The summed E-state index contributed by atoms with van der Waals surface area (Å²) in [6, 6.07) is 0. The highest BCUT2D eigenvalue weighted by Gasteiger charge is 2.42. The summed E-state index contributed by atoms with van der Waals surface area (Å²) in [5.41, 5.74) is 0.619. The van der Waals surface area contributed by atoms with E-state index in [1.54, 1.807) is 0 Å². The van der Waals surface area contributed by atoms with E-state index in [0.717, 1.165) is 5.92 Å². The maximum absolute atomic E-state index is 2.40. The third kappa shape index (κ3) is 2.07. The van der Waals surface area contributed by atoms with Gasteiger partial charge in [0.2, 0.25) is 0 Å². The van der Waals surface area contributed by atoms with E-state index in [4.69, 9.17) is 0 Å². The first kappa shape index (κ1) is 10.6. The first-order valence-corrected chi connectivity index (χ1v) is 5.47. The Hall–Kier alpha value is -0.460. The van der Waals surface area contributed by atoms with Crippen molar-refractivity contribution in [3.63, 3.8) is 0 Å². The molecule has 1 aliphatic rings. The van der Waals surface area contributed by atoms with Crippen molar-refractivity contribution in [3.8, 4) is 0 Å². The summed E-state index contributed by atoms with van der Waals surface area (Å²) in [5.74, 6) is 0.921. The smallest absolute Gasteiger partial charge is 0.0228 e. The minimum absolute atomic E-state index is 0.619. The molecular weight excluding hydrogens is 158 g/mol. The number of allylic oxidation sites excluding steroid dienone is 1. The van der Waals surface area contributed by atoms with Crippen LogP contribution >= 0.6 is 0 Å². The molecule has 1 rings (SSSR count). The normalized spacial score (nSPS) is 33.4. The van der Waals surface area contributed by atoms with Gasteiger partial charge < -0.3 is 4.90 Å². The maximum atomic E-state index is 2.40. The van der Waals surface area contributed by atoms with Gasteiger partial charge in [0.05, 0.1) is 0 Å². The topological polar surface area (TPSA) is 3.24 Å². The number of nitrogens with zero attached hydrogens (tertiary/aromatic N) is 1. The van der Waals surface area contributed by atoms with Gasteiger partial charge in [0.15, 0.2) is 0 Å². The highest BCUT2D eigenvalue weighted by Crippen LogP contribution is 2.49. The molecule has 1 nitrogen and oxygen atoms in total. The Kier molecular flexibility index (Phi) is 3.40. The molecule has 0 amide bonds. The van der Waals surface area contributed by atoms with Crippen LogP contribution in [0.25, 0.3) is 0 Å². The molecule has 0 bridgehead atoms. The zero-order chi connectivity index (χ0) is 9.90. The van der Waals surface area contributed by atoms with Gasteiger partial charge >= 0.3 is 0 Å². The Morgan fingerprint density at radius 3 is 2.54 bits per heavy atom. The molecule has 2 atom stereocenters. The molecule has 1 fully saturated rings. The van der Waals surface area contributed by atoms with Gasteiger partial charge in [-0.05, 0) is 43.7 Å².